The number of hydrogen-bond acceptors (Lipinski definition) is 6. The van der Waals surface area contributed by atoms with Gasteiger partial charge in [0.05, 0.1) is 6.61 Å². The molecule has 1 saturated heterocycles. The van der Waals surface area contributed by atoms with Gasteiger partial charge in [0.2, 0.25) is 0 Å². The molecule has 8 heteroatoms. The summed E-state index contributed by atoms with van der Waals surface area (Å²) in [4.78, 5) is 15.2. The molecule has 0 unspecified atom stereocenters. The van der Waals surface area contributed by atoms with Crippen LogP contribution in [0.15, 0.2) is 28.2 Å². The lowest BCUT2D eigenvalue weighted by Gasteiger charge is -2.14. The summed E-state index contributed by atoms with van der Waals surface area (Å²) in [5.41, 5.74) is 6.17. The van der Waals surface area contributed by atoms with Crippen LogP contribution in [0.1, 0.15) is 6.23 Å². The van der Waals surface area contributed by atoms with Crippen molar-refractivity contribution in [1.29, 1.82) is 0 Å². The van der Waals surface area contributed by atoms with Crippen LogP contribution in [-0.2, 0) is 4.74 Å². The molecule has 1 aliphatic rings. The number of halogens is 1. The zero-order chi connectivity index (χ0) is 13.3. The highest BCUT2D eigenvalue weighted by Crippen LogP contribution is 2.33. The summed E-state index contributed by atoms with van der Waals surface area (Å²) < 4.78 is 6.50. The fourth-order valence-electron chi connectivity index (χ4n) is 1.77. The Morgan fingerprint density at radius 3 is 2.94 bits per heavy atom. The Morgan fingerprint density at radius 1 is 1.67 bits per heavy atom. The van der Waals surface area contributed by atoms with Crippen LogP contribution in [0, 0.1) is 0 Å². The number of hydrogen-bond donors (Lipinski definition) is 3. The van der Waals surface area contributed by atoms with Crippen LogP contribution in [0.3, 0.4) is 0 Å². The van der Waals surface area contributed by atoms with Gasteiger partial charge in [0.1, 0.15) is 18.0 Å². The summed E-state index contributed by atoms with van der Waals surface area (Å²) in [6.07, 6.45) is -1.40. The number of rotatable bonds is 2. The van der Waals surface area contributed by atoms with E-state index in [0.717, 1.165) is 10.1 Å². The molecular formula is C10H12ClN3O4. The average Bonchev–Trinajstić information content (AvgIpc) is 2.65. The average molecular weight is 274 g/mol. The summed E-state index contributed by atoms with van der Waals surface area (Å²) in [5, 5.41) is 18.9. The minimum Gasteiger partial charge on any atom is -0.394 e. The third-order valence-electron chi connectivity index (χ3n) is 2.69. The van der Waals surface area contributed by atoms with Crippen LogP contribution in [-0.4, -0.2) is 38.6 Å². The molecule has 4 N–H and O–H groups in total. The van der Waals surface area contributed by atoms with Gasteiger partial charge in [-0.3, -0.25) is 4.57 Å². The molecule has 0 aromatic carbocycles. The van der Waals surface area contributed by atoms with Crippen molar-refractivity contribution in [2.24, 2.45) is 0 Å². The van der Waals surface area contributed by atoms with Gasteiger partial charge in [0.25, 0.3) is 0 Å². The monoisotopic (exact) mass is 273 g/mol. The van der Waals surface area contributed by atoms with Crippen molar-refractivity contribution in [3.05, 3.63) is 33.9 Å². The van der Waals surface area contributed by atoms with E-state index in [1.54, 1.807) is 0 Å². The second-order valence-corrected chi connectivity index (χ2v) is 4.02. The van der Waals surface area contributed by atoms with Gasteiger partial charge >= 0.3 is 5.69 Å². The molecule has 2 rings (SSSR count). The second kappa shape index (κ2) is 5.07. The van der Waals surface area contributed by atoms with Crippen molar-refractivity contribution in [3.63, 3.8) is 0 Å². The quantitative estimate of drug-likeness (QED) is 0.650. The molecule has 18 heavy (non-hydrogen) atoms. The molecule has 1 fully saturated rings. The lowest BCUT2D eigenvalue weighted by atomic mass is 10.1. The van der Waals surface area contributed by atoms with Crippen LogP contribution < -0.4 is 11.4 Å². The van der Waals surface area contributed by atoms with E-state index in [4.69, 9.17) is 27.2 Å². The highest BCUT2D eigenvalue weighted by molar-refractivity contribution is 6.25. The molecule has 0 spiro atoms. The van der Waals surface area contributed by atoms with E-state index in [9.17, 15) is 9.90 Å². The van der Waals surface area contributed by atoms with Gasteiger partial charge in [-0.15, -0.1) is 0 Å². The topological polar surface area (TPSA) is 111 Å². The SMILES string of the molecule is Nc1ccn([C@@H]2O[C@H](CO)[C@@H](O)/C2=C/Cl)c(=O)n1. The van der Waals surface area contributed by atoms with Crippen LogP contribution in [0.5, 0.6) is 0 Å². The van der Waals surface area contributed by atoms with Crippen LogP contribution >= 0.6 is 11.6 Å². The first-order valence-corrected chi connectivity index (χ1v) is 5.61. The number of nitrogens with two attached hydrogens (primary N) is 1. The Kier molecular flexibility index (Phi) is 3.67. The Balaban J connectivity index is 2.41. The molecule has 1 aromatic heterocycles. The van der Waals surface area contributed by atoms with E-state index in [1.165, 1.54) is 12.3 Å². The summed E-state index contributed by atoms with van der Waals surface area (Å²) in [6.45, 7) is -0.386. The predicted molar refractivity (Wildman–Crippen MR) is 63.8 cm³/mol. The molecule has 98 valence electrons. The van der Waals surface area contributed by atoms with Crippen molar-refractivity contribution in [2.45, 2.75) is 18.4 Å². The standard InChI is InChI=1S/C10H12ClN3O4/c11-3-5-8(16)6(4-15)18-9(5)14-2-1-7(12)13-10(14)17/h1-3,6,8-9,15-16H,4H2,(H2,12,13,17)/b5-3-/t6-,8+,9-/m1/s1. The lowest BCUT2D eigenvalue weighted by molar-refractivity contribution is -0.0447. The van der Waals surface area contributed by atoms with E-state index in [2.05, 4.69) is 4.98 Å². The summed E-state index contributed by atoms with van der Waals surface area (Å²) in [5.74, 6) is 0.0879. The van der Waals surface area contributed by atoms with Gasteiger partial charge in [-0.2, -0.15) is 4.98 Å². The molecule has 1 aliphatic heterocycles. The summed E-state index contributed by atoms with van der Waals surface area (Å²) in [6, 6.07) is 1.43. The van der Waals surface area contributed by atoms with Gasteiger partial charge in [-0.25, -0.2) is 4.79 Å². The highest BCUT2D eigenvalue weighted by atomic mass is 35.5. The minimum atomic E-state index is -1.07. The van der Waals surface area contributed by atoms with Gasteiger partial charge in [0.15, 0.2) is 6.23 Å². The number of anilines is 1. The van der Waals surface area contributed by atoms with Gasteiger partial charge in [-0.05, 0) is 6.07 Å². The largest absolute Gasteiger partial charge is 0.394 e. The Bertz CT molecular complexity index is 530. The molecule has 7 nitrogen and oxygen atoms in total. The van der Waals surface area contributed by atoms with Crippen molar-refractivity contribution >= 4 is 17.4 Å². The molecule has 0 radical (unpaired) electrons. The van der Waals surface area contributed by atoms with Crippen molar-refractivity contribution < 1.29 is 14.9 Å². The molecular weight excluding hydrogens is 262 g/mol. The van der Waals surface area contributed by atoms with Crippen LogP contribution in [0.4, 0.5) is 5.82 Å². The third kappa shape index (κ3) is 2.13. The maximum Gasteiger partial charge on any atom is 0.351 e. The minimum absolute atomic E-state index is 0.0879. The van der Waals surface area contributed by atoms with Gasteiger partial charge in [0, 0.05) is 17.3 Å². The van der Waals surface area contributed by atoms with Gasteiger partial charge in [-0.1, -0.05) is 11.6 Å². The molecule has 3 atom stereocenters. The fraction of sp³-hybridized carbons (Fsp3) is 0.400. The van der Waals surface area contributed by atoms with E-state index in [-0.39, 0.29) is 18.0 Å². The summed E-state index contributed by atoms with van der Waals surface area (Å²) in [7, 11) is 0. The zero-order valence-corrected chi connectivity index (χ0v) is 9.99. The number of aliphatic hydroxyl groups is 2. The van der Waals surface area contributed by atoms with E-state index in [1.807, 2.05) is 0 Å². The van der Waals surface area contributed by atoms with Crippen LogP contribution in [0.25, 0.3) is 0 Å². The Labute approximate surface area is 107 Å². The maximum atomic E-state index is 11.7. The number of aliphatic hydroxyl groups excluding tert-OH is 2. The molecule has 0 bridgehead atoms. The molecule has 2 heterocycles. The first-order valence-electron chi connectivity index (χ1n) is 5.17. The predicted octanol–water partition coefficient (Wildman–Crippen LogP) is -0.801. The first kappa shape index (κ1) is 13.0. The van der Waals surface area contributed by atoms with Crippen molar-refractivity contribution in [2.75, 3.05) is 12.3 Å². The van der Waals surface area contributed by atoms with E-state index in [0.29, 0.717) is 0 Å². The maximum absolute atomic E-state index is 11.7. The van der Waals surface area contributed by atoms with Crippen molar-refractivity contribution in [1.82, 2.24) is 9.55 Å². The van der Waals surface area contributed by atoms with Gasteiger partial charge < -0.3 is 20.7 Å². The van der Waals surface area contributed by atoms with E-state index < -0.39 is 24.1 Å². The molecule has 0 aliphatic carbocycles. The van der Waals surface area contributed by atoms with Crippen LogP contribution in [0.2, 0.25) is 0 Å². The molecule has 1 aromatic rings. The lowest BCUT2D eigenvalue weighted by Crippen LogP contribution is -2.28. The number of aromatic nitrogens is 2. The zero-order valence-electron chi connectivity index (χ0n) is 9.23. The van der Waals surface area contributed by atoms with E-state index >= 15 is 0 Å². The number of nitrogen functional groups attached to an aromatic ring is 1. The normalized spacial score (nSPS) is 29.9. The first-order chi connectivity index (χ1) is 8.58. The molecule has 0 saturated carbocycles. The fourth-order valence-corrected chi connectivity index (χ4v) is 2.01. The Hall–Kier alpha value is -1.41. The highest BCUT2D eigenvalue weighted by Gasteiger charge is 2.39. The van der Waals surface area contributed by atoms with Crippen molar-refractivity contribution in [3.8, 4) is 0 Å². The third-order valence-corrected chi connectivity index (χ3v) is 2.94. The Morgan fingerprint density at radius 2 is 2.39 bits per heavy atom. The number of ether oxygens (including phenoxy) is 1. The molecule has 0 amide bonds. The number of nitrogens with zero attached hydrogens (tertiary/aromatic N) is 2. The second-order valence-electron chi connectivity index (χ2n) is 3.81. The summed E-state index contributed by atoms with van der Waals surface area (Å²) >= 11 is 5.61. The smallest absolute Gasteiger partial charge is 0.351 e.